The average molecular weight is 280 g/mol. The highest BCUT2D eigenvalue weighted by molar-refractivity contribution is 5.63. The standard InChI is InChI=1S/C18H20N2O/c19-17(15-7-3-1-4-8-15)11-13-21-14-12-18(20)16-9-5-2-6-10-16/h1-12H,13-14,19-20H2. The van der Waals surface area contributed by atoms with Gasteiger partial charge in [0.15, 0.2) is 0 Å². The van der Waals surface area contributed by atoms with Gasteiger partial charge in [-0.3, -0.25) is 0 Å². The van der Waals surface area contributed by atoms with Crippen molar-refractivity contribution in [2.75, 3.05) is 13.2 Å². The van der Waals surface area contributed by atoms with Gasteiger partial charge in [0.2, 0.25) is 0 Å². The first-order valence-corrected chi connectivity index (χ1v) is 6.87. The van der Waals surface area contributed by atoms with Crippen molar-refractivity contribution in [2.45, 2.75) is 0 Å². The zero-order valence-corrected chi connectivity index (χ0v) is 11.9. The lowest BCUT2D eigenvalue weighted by molar-refractivity contribution is 0.194. The molecule has 2 aromatic carbocycles. The molecule has 2 aromatic rings. The zero-order chi connectivity index (χ0) is 14.9. The molecule has 3 heteroatoms. The lowest BCUT2D eigenvalue weighted by atomic mass is 10.1. The van der Waals surface area contributed by atoms with E-state index in [0.717, 1.165) is 22.5 Å². The molecule has 0 fully saturated rings. The third-order valence-electron chi connectivity index (χ3n) is 3.06. The molecule has 21 heavy (non-hydrogen) atoms. The minimum absolute atomic E-state index is 0.458. The van der Waals surface area contributed by atoms with Crippen molar-refractivity contribution in [1.29, 1.82) is 0 Å². The van der Waals surface area contributed by atoms with Gasteiger partial charge in [0.25, 0.3) is 0 Å². The number of hydrogen-bond acceptors (Lipinski definition) is 3. The predicted molar refractivity (Wildman–Crippen MR) is 88.0 cm³/mol. The van der Waals surface area contributed by atoms with Crippen LogP contribution in [0.15, 0.2) is 72.8 Å². The molecule has 108 valence electrons. The van der Waals surface area contributed by atoms with Crippen LogP contribution in [-0.4, -0.2) is 13.2 Å². The third kappa shape index (κ3) is 4.82. The Balaban J connectivity index is 1.80. The Morgan fingerprint density at radius 2 is 1.10 bits per heavy atom. The van der Waals surface area contributed by atoms with E-state index in [2.05, 4.69) is 0 Å². The molecule has 0 aromatic heterocycles. The maximum atomic E-state index is 5.97. The fourth-order valence-electron chi connectivity index (χ4n) is 1.86. The summed E-state index contributed by atoms with van der Waals surface area (Å²) in [6.45, 7) is 0.915. The monoisotopic (exact) mass is 280 g/mol. The lowest BCUT2D eigenvalue weighted by Crippen LogP contribution is -2.01. The largest absolute Gasteiger partial charge is 0.398 e. The van der Waals surface area contributed by atoms with E-state index >= 15 is 0 Å². The van der Waals surface area contributed by atoms with Gasteiger partial charge in [-0.15, -0.1) is 0 Å². The summed E-state index contributed by atoms with van der Waals surface area (Å²) in [6, 6.07) is 19.6. The van der Waals surface area contributed by atoms with E-state index in [1.807, 2.05) is 72.8 Å². The van der Waals surface area contributed by atoms with Crippen LogP contribution in [0.4, 0.5) is 0 Å². The van der Waals surface area contributed by atoms with E-state index < -0.39 is 0 Å². The molecule has 0 unspecified atom stereocenters. The normalized spacial score (nSPS) is 12.4. The predicted octanol–water partition coefficient (Wildman–Crippen LogP) is 3.00. The average Bonchev–Trinajstić information content (AvgIpc) is 2.55. The van der Waals surface area contributed by atoms with Crippen LogP contribution >= 0.6 is 0 Å². The van der Waals surface area contributed by atoms with Crippen LogP contribution < -0.4 is 11.5 Å². The van der Waals surface area contributed by atoms with Gasteiger partial charge in [-0.05, 0) is 23.3 Å². The van der Waals surface area contributed by atoms with Crippen LogP contribution in [0.1, 0.15) is 11.1 Å². The molecule has 0 saturated carbocycles. The number of benzene rings is 2. The molecule has 2 rings (SSSR count). The second-order valence-electron chi connectivity index (χ2n) is 4.59. The summed E-state index contributed by atoms with van der Waals surface area (Å²) in [5.41, 5.74) is 15.4. The molecule has 0 aliphatic carbocycles. The van der Waals surface area contributed by atoms with E-state index in [0.29, 0.717) is 13.2 Å². The van der Waals surface area contributed by atoms with Gasteiger partial charge in [-0.2, -0.15) is 0 Å². The van der Waals surface area contributed by atoms with E-state index in [1.165, 1.54) is 0 Å². The fourth-order valence-corrected chi connectivity index (χ4v) is 1.86. The third-order valence-corrected chi connectivity index (χ3v) is 3.06. The fraction of sp³-hybridized carbons (Fsp3) is 0.111. The molecule has 0 aliphatic rings. The molecular formula is C18H20N2O. The Bertz CT molecular complexity index is 548. The van der Waals surface area contributed by atoms with Crippen molar-refractivity contribution in [3.8, 4) is 0 Å². The second-order valence-corrected chi connectivity index (χ2v) is 4.59. The molecule has 0 amide bonds. The van der Waals surface area contributed by atoms with E-state index in [1.54, 1.807) is 0 Å². The van der Waals surface area contributed by atoms with Crippen molar-refractivity contribution in [2.24, 2.45) is 11.5 Å². The SMILES string of the molecule is NC(=CCOCC=C(N)c1ccccc1)c1ccccc1. The Morgan fingerprint density at radius 1 is 0.714 bits per heavy atom. The molecule has 0 aliphatic heterocycles. The van der Waals surface area contributed by atoms with Crippen molar-refractivity contribution < 1.29 is 4.74 Å². The van der Waals surface area contributed by atoms with Gasteiger partial charge < -0.3 is 16.2 Å². The van der Waals surface area contributed by atoms with Crippen LogP contribution in [0.5, 0.6) is 0 Å². The van der Waals surface area contributed by atoms with Gasteiger partial charge in [-0.25, -0.2) is 0 Å². The van der Waals surface area contributed by atoms with E-state index in [4.69, 9.17) is 16.2 Å². The van der Waals surface area contributed by atoms with Crippen molar-refractivity contribution in [3.05, 3.63) is 83.9 Å². The Hall–Kier alpha value is -2.52. The molecule has 0 spiro atoms. The van der Waals surface area contributed by atoms with Crippen LogP contribution in [-0.2, 0) is 4.74 Å². The van der Waals surface area contributed by atoms with Crippen LogP contribution in [0.2, 0.25) is 0 Å². The maximum Gasteiger partial charge on any atom is 0.0674 e. The van der Waals surface area contributed by atoms with E-state index in [9.17, 15) is 0 Å². The van der Waals surface area contributed by atoms with Gasteiger partial charge in [0, 0.05) is 11.4 Å². The summed E-state index contributed by atoms with van der Waals surface area (Å²) in [6.07, 6.45) is 3.73. The molecule has 0 heterocycles. The molecule has 0 atom stereocenters. The summed E-state index contributed by atoms with van der Waals surface area (Å²) in [4.78, 5) is 0. The van der Waals surface area contributed by atoms with Crippen LogP contribution in [0, 0.1) is 0 Å². The first-order valence-electron chi connectivity index (χ1n) is 6.87. The minimum atomic E-state index is 0.458. The first-order chi connectivity index (χ1) is 10.3. The molecule has 0 bridgehead atoms. The van der Waals surface area contributed by atoms with Gasteiger partial charge in [0.1, 0.15) is 0 Å². The number of nitrogens with two attached hydrogens (primary N) is 2. The quantitative estimate of drug-likeness (QED) is 0.800. The Labute approximate surface area is 125 Å². The molecule has 0 radical (unpaired) electrons. The number of ether oxygens (including phenoxy) is 1. The molecule has 4 N–H and O–H groups in total. The minimum Gasteiger partial charge on any atom is -0.398 e. The summed E-state index contributed by atoms with van der Waals surface area (Å²) >= 11 is 0. The molecular weight excluding hydrogens is 260 g/mol. The van der Waals surface area contributed by atoms with Crippen LogP contribution in [0.25, 0.3) is 11.4 Å². The summed E-state index contributed by atoms with van der Waals surface area (Å²) in [5.74, 6) is 0. The van der Waals surface area contributed by atoms with Gasteiger partial charge in [-0.1, -0.05) is 60.7 Å². The molecule has 0 saturated heterocycles. The highest BCUT2D eigenvalue weighted by Crippen LogP contribution is 2.08. The lowest BCUT2D eigenvalue weighted by Gasteiger charge is -2.03. The second kappa shape index (κ2) is 7.92. The number of rotatable bonds is 6. The van der Waals surface area contributed by atoms with E-state index in [-0.39, 0.29) is 0 Å². The summed E-state index contributed by atoms with van der Waals surface area (Å²) < 4.78 is 5.51. The summed E-state index contributed by atoms with van der Waals surface area (Å²) in [5, 5.41) is 0. The first kappa shape index (κ1) is 14.9. The smallest absolute Gasteiger partial charge is 0.0674 e. The Morgan fingerprint density at radius 3 is 1.48 bits per heavy atom. The Kier molecular flexibility index (Phi) is 5.61. The number of hydrogen-bond donors (Lipinski definition) is 2. The maximum absolute atomic E-state index is 5.97. The molecule has 3 nitrogen and oxygen atoms in total. The van der Waals surface area contributed by atoms with Crippen molar-refractivity contribution in [1.82, 2.24) is 0 Å². The zero-order valence-electron chi connectivity index (χ0n) is 11.9. The highest BCUT2D eigenvalue weighted by Gasteiger charge is 1.95. The van der Waals surface area contributed by atoms with Gasteiger partial charge in [0.05, 0.1) is 13.2 Å². The summed E-state index contributed by atoms with van der Waals surface area (Å²) in [7, 11) is 0. The van der Waals surface area contributed by atoms with Gasteiger partial charge >= 0.3 is 0 Å². The van der Waals surface area contributed by atoms with Crippen molar-refractivity contribution in [3.63, 3.8) is 0 Å². The van der Waals surface area contributed by atoms with Crippen LogP contribution in [0.3, 0.4) is 0 Å². The topological polar surface area (TPSA) is 61.3 Å². The highest BCUT2D eigenvalue weighted by atomic mass is 16.5. The van der Waals surface area contributed by atoms with Crippen molar-refractivity contribution >= 4 is 11.4 Å².